The number of aryl methyl sites for hydroxylation is 1. The van der Waals surface area contributed by atoms with Gasteiger partial charge in [0.2, 0.25) is 10.0 Å². The number of fused-ring (bicyclic) bond motifs is 2. The van der Waals surface area contributed by atoms with Gasteiger partial charge < -0.3 is 19.4 Å². The third kappa shape index (κ3) is 8.09. The molecule has 13 nitrogen and oxygen atoms in total. The number of hydrogen-bond acceptors (Lipinski definition) is 9. The van der Waals surface area contributed by atoms with E-state index in [4.69, 9.17) is 14.6 Å². The Bertz CT molecular complexity index is 2390. The highest BCUT2D eigenvalue weighted by Gasteiger charge is 2.24. The zero-order valence-corrected chi connectivity index (χ0v) is 31.9. The highest BCUT2D eigenvalue weighted by atomic mass is 32.2. The summed E-state index contributed by atoms with van der Waals surface area (Å²) < 4.78 is 59.1. The lowest BCUT2D eigenvalue weighted by Crippen LogP contribution is -2.29. The Kier molecular flexibility index (Phi) is 10.6. The predicted octanol–water partition coefficient (Wildman–Crippen LogP) is 6.22. The van der Waals surface area contributed by atoms with Gasteiger partial charge in [0.25, 0.3) is 5.56 Å². The smallest absolute Gasteiger partial charge is 0.282 e. The van der Waals surface area contributed by atoms with Gasteiger partial charge in [-0.25, -0.2) is 27.3 Å². The lowest BCUT2D eigenvalue weighted by molar-refractivity contribution is 0.0899. The summed E-state index contributed by atoms with van der Waals surface area (Å²) in [6.07, 6.45) is 4.98. The van der Waals surface area contributed by atoms with Crippen molar-refractivity contribution in [2.45, 2.75) is 52.3 Å². The summed E-state index contributed by atoms with van der Waals surface area (Å²) in [7, 11) is -3.76. The van der Waals surface area contributed by atoms with Gasteiger partial charge in [0.05, 0.1) is 35.2 Å². The van der Waals surface area contributed by atoms with E-state index in [1.807, 2.05) is 54.8 Å². The van der Waals surface area contributed by atoms with E-state index in [9.17, 15) is 13.2 Å². The molecule has 0 aliphatic heterocycles. The number of ether oxygens (including phenoxy) is 2. The van der Waals surface area contributed by atoms with E-state index in [1.54, 1.807) is 27.5 Å². The first-order valence-electron chi connectivity index (χ1n) is 16.9. The zero-order valence-electron chi connectivity index (χ0n) is 30.1. The molecule has 0 saturated carbocycles. The molecule has 0 aliphatic rings. The fourth-order valence-electron chi connectivity index (χ4n) is 5.93. The fourth-order valence-corrected chi connectivity index (χ4v) is 7.65. The van der Waals surface area contributed by atoms with E-state index < -0.39 is 30.0 Å². The van der Waals surface area contributed by atoms with Crippen LogP contribution < -0.4 is 15.6 Å². The molecule has 0 unspecified atom stereocenters. The lowest BCUT2D eigenvalue weighted by Gasteiger charge is -2.20. The molecule has 16 heteroatoms. The average Bonchev–Trinajstić information content (AvgIpc) is 3.66. The molecule has 0 aliphatic carbocycles. The van der Waals surface area contributed by atoms with Crippen LogP contribution >= 0.6 is 0 Å². The zero-order chi connectivity index (χ0) is 37.2. The normalized spacial score (nSPS) is 12.8. The SMILES string of the molecule is COCCS(=O)(=O)Nc1cc(F)cc(-c2cn(COCC[Si](C)(C)C)c3ncnc(N[C@@H](C)c4nn5ccc(C)c5c(=O)n4-c4ccccc4)c23)c1. The molecule has 0 bridgehead atoms. The minimum absolute atomic E-state index is 0.0168. The summed E-state index contributed by atoms with van der Waals surface area (Å²) in [5, 5.41) is 8.88. The number of aromatic nitrogens is 6. The molecule has 4 heterocycles. The van der Waals surface area contributed by atoms with Gasteiger partial charge in [0.1, 0.15) is 35.9 Å². The van der Waals surface area contributed by atoms with E-state index >= 15 is 4.39 Å². The number of halogens is 1. The number of benzene rings is 2. The molecule has 0 fully saturated rings. The van der Waals surface area contributed by atoms with E-state index in [0.29, 0.717) is 51.6 Å². The van der Waals surface area contributed by atoms with Crippen LogP contribution in [-0.2, 0) is 26.2 Å². The molecule has 6 aromatic rings. The van der Waals surface area contributed by atoms with Crippen molar-refractivity contribution in [2.75, 3.05) is 36.1 Å². The molecule has 6 rings (SSSR count). The number of rotatable bonds is 15. The summed E-state index contributed by atoms with van der Waals surface area (Å²) in [4.78, 5) is 23.2. The van der Waals surface area contributed by atoms with Crippen molar-refractivity contribution in [3.05, 3.63) is 101 Å². The van der Waals surface area contributed by atoms with Crippen LogP contribution in [0.25, 0.3) is 33.4 Å². The maximum atomic E-state index is 15.2. The molecule has 52 heavy (non-hydrogen) atoms. The van der Waals surface area contributed by atoms with E-state index in [0.717, 1.165) is 17.7 Å². The first-order valence-corrected chi connectivity index (χ1v) is 22.3. The lowest BCUT2D eigenvalue weighted by atomic mass is 10.0. The number of nitrogens with one attached hydrogen (secondary N) is 2. The molecule has 0 radical (unpaired) electrons. The Balaban J connectivity index is 1.46. The third-order valence-corrected chi connectivity index (χ3v) is 11.5. The number of sulfonamides is 1. The van der Waals surface area contributed by atoms with Crippen LogP contribution in [0.4, 0.5) is 15.9 Å². The van der Waals surface area contributed by atoms with Crippen LogP contribution in [0, 0.1) is 12.7 Å². The Labute approximate surface area is 302 Å². The number of nitrogens with zero attached hydrogens (tertiary/aromatic N) is 6. The number of methoxy groups -OCH3 is 1. The summed E-state index contributed by atoms with van der Waals surface area (Å²) in [5.74, 6) is -0.0993. The van der Waals surface area contributed by atoms with Crippen molar-refractivity contribution in [3.8, 4) is 16.8 Å². The summed E-state index contributed by atoms with van der Waals surface area (Å²) in [6, 6.07) is 15.6. The highest BCUT2D eigenvalue weighted by Crippen LogP contribution is 2.37. The Morgan fingerprint density at radius 3 is 2.54 bits per heavy atom. The molecule has 2 N–H and O–H groups in total. The number of anilines is 2. The maximum absolute atomic E-state index is 15.2. The van der Waals surface area contributed by atoms with Gasteiger partial charge in [-0.15, -0.1) is 0 Å². The molecule has 274 valence electrons. The van der Waals surface area contributed by atoms with Crippen molar-refractivity contribution >= 4 is 46.2 Å². The first-order chi connectivity index (χ1) is 24.7. The molecule has 0 spiro atoms. The first kappa shape index (κ1) is 36.9. The van der Waals surface area contributed by atoms with Crippen molar-refractivity contribution in [3.63, 3.8) is 0 Å². The maximum Gasteiger partial charge on any atom is 0.282 e. The molecular weight excluding hydrogens is 704 g/mol. The van der Waals surface area contributed by atoms with Crippen LogP contribution in [0.15, 0.2) is 78.1 Å². The van der Waals surface area contributed by atoms with E-state index in [1.165, 1.54) is 19.5 Å². The minimum atomic E-state index is -3.81. The highest BCUT2D eigenvalue weighted by molar-refractivity contribution is 7.92. The largest absolute Gasteiger partial charge is 0.384 e. The molecule has 0 amide bonds. The summed E-state index contributed by atoms with van der Waals surface area (Å²) >= 11 is 0. The fraction of sp³-hybridized carbons (Fsp3) is 0.333. The predicted molar refractivity (Wildman–Crippen MR) is 204 cm³/mol. The van der Waals surface area contributed by atoms with Crippen LogP contribution in [0.3, 0.4) is 0 Å². The van der Waals surface area contributed by atoms with Crippen molar-refractivity contribution < 1.29 is 22.3 Å². The van der Waals surface area contributed by atoms with Gasteiger partial charge in [0, 0.05) is 39.7 Å². The van der Waals surface area contributed by atoms with Gasteiger partial charge in [-0.1, -0.05) is 37.8 Å². The van der Waals surface area contributed by atoms with Crippen molar-refractivity contribution in [1.29, 1.82) is 0 Å². The second-order valence-electron chi connectivity index (χ2n) is 13.9. The van der Waals surface area contributed by atoms with Crippen LogP contribution in [0.5, 0.6) is 0 Å². The van der Waals surface area contributed by atoms with Crippen molar-refractivity contribution in [1.82, 2.24) is 28.7 Å². The molecule has 1 atom stereocenters. The second kappa shape index (κ2) is 15.0. The van der Waals surface area contributed by atoms with Crippen LogP contribution in [0.2, 0.25) is 25.7 Å². The van der Waals surface area contributed by atoms with Gasteiger partial charge in [-0.2, -0.15) is 5.10 Å². The number of hydrogen-bond donors (Lipinski definition) is 2. The van der Waals surface area contributed by atoms with Gasteiger partial charge in [0.15, 0.2) is 5.82 Å². The van der Waals surface area contributed by atoms with Gasteiger partial charge in [-0.05, 0) is 67.4 Å². The molecule has 4 aromatic heterocycles. The monoisotopic (exact) mass is 746 g/mol. The molecule has 2 aromatic carbocycles. The van der Waals surface area contributed by atoms with Crippen LogP contribution in [-0.4, -0.2) is 71.3 Å². The summed E-state index contributed by atoms with van der Waals surface area (Å²) in [6.45, 7) is 11.3. The van der Waals surface area contributed by atoms with E-state index in [2.05, 4.69) is 39.6 Å². The van der Waals surface area contributed by atoms with E-state index in [-0.39, 0.29) is 30.3 Å². The van der Waals surface area contributed by atoms with Gasteiger partial charge in [-0.3, -0.25) is 14.1 Å². The Morgan fingerprint density at radius 2 is 1.81 bits per heavy atom. The third-order valence-electron chi connectivity index (χ3n) is 8.59. The summed E-state index contributed by atoms with van der Waals surface area (Å²) in [5.41, 5.74) is 3.22. The quantitative estimate of drug-likeness (QED) is 0.0924. The van der Waals surface area contributed by atoms with Crippen LogP contribution in [0.1, 0.15) is 24.4 Å². The Morgan fingerprint density at radius 1 is 1.04 bits per heavy atom. The molecular formula is C36H43FN8O5SSi. The van der Waals surface area contributed by atoms with Crippen molar-refractivity contribution in [2.24, 2.45) is 0 Å². The minimum Gasteiger partial charge on any atom is -0.384 e. The second-order valence-corrected chi connectivity index (χ2v) is 21.4. The number of para-hydroxylation sites is 1. The van der Waals surface area contributed by atoms with Gasteiger partial charge >= 0.3 is 0 Å². The topological polar surface area (TPSA) is 147 Å². The molecule has 0 saturated heterocycles. The average molecular weight is 747 g/mol. The standard InChI is InChI=1S/C36H43FN8O5SSi/c1-24-12-13-44-32(24)36(46)45(29-10-8-7-9-11-29)34(41-44)25(2)40-33-31-30(21-43(35(31)39-22-38-33)23-50-15-17-52(4,5)6)26-18-27(37)20-28(19-26)42-51(47,48)16-14-49-3/h7-13,18-22,25,42H,14-17,23H2,1-6H3,(H,38,39,40)/t25-/m0/s1. The Hall–Kier alpha value is -4.90.